The van der Waals surface area contributed by atoms with Crippen molar-refractivity contribution in [1.29, 1.82) is 0 Å². The van der Waals surface area contributed by atoms with Gasteiger partial charge < -0.3 is 9.73 Å². The number of amides is 1. The molecule has 0 saturated carbocycles. The molecule has 0 fully saturated rings. The number of fused-ring (bicyclic) bond motifs is 2. The van der Waals surface area contributed by atoms with E-state index in [1.54, 1.807) is 23.2 Å². The monoisotopic (exact) mass is 372 g/mol. The first-order valence-electron chi connectivity index (χ1n) is 9.50. The van der Waals surface area contributed by atoms with Gasteiger partial charge in [-0.15, -0.1) is 0 Å². The molecule has 140 valence electrons. The van der Waals surface area contributed by atoms with Gasteiger partial charge in [-0.25, -0.2) is 0 Å². The summed E-state index contributed by atoms with van der Waals surface area (Å²) in [7, 11) is 0. The third kappa shape index (κ3) is 3.29. The third-order valence-electron chi connectivity index (χ3n) is 5.18. The molecule has 6 nitrogen and oxygen atoms in total. The van der Waals surface area contributed by atoms with Crippen molar-refractivity contribution in [1.82, 2.24) is 14.8 Å². The molecule has 1 N–H and O–H groups in total. The number of nitrogens with one attached hydrogen (secondary N) is 1. The molecule has 3 aromatic heterocycles. The summed E-state index contributed by atoms with van der Waals surface area (Å²) in [5.74, 6) is 0.431. The van der Waals surface area contributed by atoms with Crippen LogP contribution in [0.15, 0.2) is 59.5 Å². The number of carbonyl (C=O) groups is 1. The van der Waals surface area contributed by atoms with Crippen LogP contribution < -0.4 is 5.32 Å². The summed E-state index contributed by atoms with van der Waals surface area (Å²) >= 11 is 0. The van der Waals surface area contributed by atoms with Crippen LogP contribution in [0.5, 0.6) is 0 Å². The second kappa shape index (κ2) is 6.96. The number of carbonyl (C=O) groups excluding carboxylic acids is 1. The van der Waals surface area contributed by atoms with Crippen molar-refractivity contribution in [3.63, 3.8) is 0 Å². The number of pyridine rings is 1. The van der Waals surface area contributed by atoms with Crippen LogP contribution in [0.3, 0.4) is 0 Å². The molecule has 1 aliphatic rings. The fourth-order valence-corrected chi connectivity index (χ4v) is 3.82. The normalized spacial score (nSPS) is 13.0. The molecule has 0 saturated heterocycles. The molecule has 0 atom stereocenters. The van der Waals surface area contributed by atoms with E-state index in [0.717, 1.165) is 35.1 Å². The van der Waals surface area contributed by atoms with Crippen LogP contribution in [0.1, 0.15) is 28.8 Å². The highest BCUT2D eigenvalue weighted by molar-refractivity contribution is 5.95. The maximum Gasteiger partial charge on any atom is 0.230 e. The lowest BCUT2D eigenvalue weighted by molar-refractivity contribution is -0.115. The van der Waals surface area contributed by atoms with Crippen LogP contribution in [0.2, 0.25) is 0 Å². The Morgan fingerprint density at radius 2 is 2.07 bits per heavy atom. The molecule has 0 unspecified atom stereocenters. The van der Waals surface area contributed by atoms with Gasteiger partial charge >= 0.3 is 0 Å². The molecule has 0 radical (unpaired) electrons. The average Bonchev–Trinajstić information content (AvgIpc) is 3.42. The zero-order chi connectivity index (χ0) is 18.9. The Labute approximate surface area is 162 Å². The lowest BCUT2D eigenvalue weighted by Gasteiger charge is -2.03. The number of hydrogen-bond donors (Lipinski definition) is 1. The van der Waals surface area contributed by atoms with E-state index in [2.05, 4.69) is 27.5 Å². The molecule has 4 aromatic rings. The van der Waals surface area contributed by atoms with Crippen molar-refractivity contribution in [2.75, 3.05) is 5.32 Å². The maximum absolute atomic E-state index is 12.5. The Morgan fingerprint density at radius 1 is 1.18 bits per heavy atom. The number of aromatic nitrogens is 3. The highest BCUT2D eigenvalue weighted by Crippen LogP contribution is 2.30. The largest absolute Gasteiger partial charge is 0.464 e. The number of hydrogen-bond acceptors (Lipinski definition) is 4. The van der Waals surface area contributed by atoms with Crippen LogP contribution in [0.4, 0.5) is 5.82 Å². The number of anilines is 1. The molecule has 3 heterocycles. The van der Waals surface area contributed by atoms with Crippen molar-refractivity contribution < 1.29 is 9.21 Å². The van der Waals surface area contributed by atoms with Gasteiger partial charge in [0.25, 0.3) is 0 Å². The quantitative estimate of drug-likeness (QED) is 0.579. The average molecular weight is 372 g/mol. The molecular formula is C22H20N4O2. The number of nitrogens with zero attached hydrogens (tertiary/aromatic N) is 3. The van der Waals surface area contributed by atoms with Crippen molar-refractivity contribution in [2.45, 2.75) is 32.2 Å². The zero-order valence-electron chi connectivity index (χ0n) is 15.4. The topological polar surface area (TPSA) is 73.0 Å². The van der Waals surface area contributed by atoms with Crippen LogP contribution in [0.25, 0.3) is 11.0 Å². The first-order chi connectivity index (χ1) is 13.7. The van der Waals surface area contributed by atoms with Crippen molar-refractivity contribution >= 4 is 22.7 Å². The van der Waals surface area contributed by atoms with Crippen LogP contribution >= 0.6 is 0 Å². The van der Waals surface area contributed by atoms with E-state index >= 15 is 0 Å². The summed E-state index contributed by atoms with van der Waals surface area (Å²) in [6.45, 7) is 0.564. The first kappa shape index (κ1) is 16.7. The number of benzene rings is 1. The minimum Gasteiger partial charge on any atom is -0.464 e. The Bertz CT molecular complexity index is 1140. The Hall–Kier alpha value is -3.41. The van der Waals surface area contributed by atoms with Crippen molar-refractivity contribution in [3.05, 3.63) is 77.4 Å². The Morgan fingerprint density at radius 3 is 2.93 bits per heavy atom. The van der Waals surface area contributed by atoms with Gasteiger partial charge in [0.15, 0.2) is 5.82 Å². The van der Waals surface area contributed by atoms with Gasteiger partial charge in [0, 0.05) is 29.4 Å². The minimum atomic E-state index is -0.105. The third-order valence-corrected chi connectivity index (χ3v) is 5.18. The fourth-order valence-electron chi connectivity index (χ4n) is 3.82. The SMILES string of the molecule is O=C(Cc1coc2cc3c(cc12)CCC3)Nc1ccn(Cc2ccccn2)n1. The van der Waals surface area contributed by atoms with Gasteiger partial charge in [0.2, 0.25) is 5.91 Å². The lowest BCUT2D eigenvalue weighted by Crippen LogP contribution is -2.15. The number of aryl methyl sites for hydroxylation is 2. The Kier molecular flexibility index (Phi) is 4.16. The molecule has 0 aliphatic heterocycles. The van der Waals surface area contributed by atoms with E-state index in [1.165, 1.54) is 17.5 Å². The summed E-state index contributed by atoms with van der Waals surface area (Å²) in [5, 5.41) is 8.31. The van der Waals surface area contributed by atoms with E-state index in [0.29, 0.717) is 12.4 Å². The molecule has 1 amide bonds. The van der Waals surface area contributed by atoms with E-state index in [1.807, 2.05) is 24.4 Å². The van der Waals surface area contributed by atoms with Gasteiger partial charge in [-0.05, 0) is 54.7 Å². The maximum atomic E-state index is 12.5. The summed E-state index contributed by atoms with van der Waals surface area (Å²) in [6, 6.07) is 11.9. The number of furan rings is 1. The van der Waals surface area contributed by atoms with Gasteiger partial charge in [-0.1, -0.05) is 6.07 Å². The van der Waals surface area contributed by atoms with Gasteiger partial charge in [0.1, 0.15) is 5.58 Å². The first-order valence-corrected chi connectivity index (χ1v) is 9.50. The molecular weight excluding hydrogens is 352 g/mol. The van der Waals surface area contributed by atoms with E-state index < -0.39 is 0 Å². The summed E-state index contributed by atoms with van der Waals surface area (Å²) in [4.78, 5) is 16.8. The summed E-state index contributed by atoms with van der Waals surface area (Å²) in [5.41, 5.74) is 5.44. The standard InChI is InChI=1S/C22H20N4O2/c27-22(24-21-7-9-26(25-21)13-18-6-1-2-8-23-18)12-17-14-28-20-11-16-5-3-4-15(16)10-19(17)20/h1-2,6-11,14H,3-5,12-13H2,(H,24,25,27). The number of rotatable bonds is 5. The van der Waals surface area contributed by atoms with Gasteiger partial charge in [-0.3, -0.25) is 14.5 Å². The van der Waals surface area contributed by atoms with Crippen LogP contribution in [-0.2, 0) is 30.6 Å². The zero-order valence-corrected chi connectivity index (χ0v) is 15.4. The predicted octanol–water partition coefficient (Wildman–Crippen LogP) is 3.74. The second-order valence-electron chi connectivity index (χ2n) is 7.18. The van der Waals surface area contributed by atoms with E-state index in [9.17, 15) is 4.79 Å². The molecule has 1 aliphatic carbocycles. The summed E-state index contributed by atoms with van der Waals surface area (Å²) in [6.07, 6.45) is 8.96. The fraction of sp³-hybridized carbons (Fsp3) is 0.227. The molecule has 0 bridgehead atoms. The van der Waals surface area contributed by atoms with Gasteiger partial charge in [-0.2, -0.15) is 5.10 Å². The Balaban J connectivity index is 1.27. The smallest absolute Gasteiger partial charge is 0.230 e. The molecule has 5 rings (SSSR count). The predicted molar refractivity (Wildman–Crippen MR) is 106 cm³/mol. The van der Waals surface area contributed by atoms with Crippen LogP contribution in [-0.4, -0.2) is 20.7 Å². The second-order valence-corrected chi connectivity index (χ2v) is 7.18. The van der Waals surface area contributed by atoms with Crippen molar-refractivity contribution in [2.24, 2.45) is 0 Å². The molecule has 6 heteroatoms. The highest BCUT2D eigenvalue weighted by Gasteiger charge is 2.17. The van der Waals surface area contributed by atoms with Gasteiger partial charge in [0.05, 0.1) is 24.9 Å². The van der Waals surface area contributed by atoms with Crippen molar-refractivity contribution in [3.8, 4) is 0 Å². The molecule has 28 heavy (non-hydrogen) atoms. The molecule has 0 spiro atoms. The van der Waals surface area contributed by atoms with E-state index in [4.69, 9.17) is 4.42 Å². The lowest BCUT2D eigenvalue weighted by atomic mass is 10.0. The molecule has 1 aromatic carbocycles. The summed E-state index contributed by atoms with van der Waals surface area (Å²) < 4.78 is 7.45. The minimum absolute atomic E-state index is 0.105. The van der Waals surface area contributed by atoms with Crippen LogP contribution in [0, 0.1) is 0 Å². The highest BCUT2D eigenvalue weighted by atomic mass is 16.3. The van der Waals surface area contributed by atoms with E-state index in [-0.39, 0.29) is 12.3 Å².